The molecule has 5 aromatic rings. The van der Waals surface area contributed by atoms with Gasteiger partial charge < -0.3 is 0 Å². The fourth-order valence-corrected chi connectivity index (χ4v) is 11.7. The molecule has 0 aliphatic heterocycles. The van der Waals surface area contributed by atoms with Crippen LogP contribution in [0.25, 0.3) is 11.0 Å². The van der Waals surface area contributed by atoms with Crippen LogP contribution in [-0.4, -0.2) is 28.6 Å². The van der Waals surface area contributed by atoms with E-state index in [1.165, 1.54) is 0 Å². The maximum absolute atomic E-state index is 13.9. The summed E-state index contributed by atoms with van der Waals surface area (Å²) in [6.07, 6.45) is 0. The standard InChI is InChI=1S/C26H21ClN3O2PS2/c27-21-11-9-10-20(18-21)26(19-35(31,32)30-25-17-8-7-16-24(25)28-29-30)33(34,22-12-3-1-4-13-22)23-14-5-2-6-15-23/h1-18,26H,19H2/t26-/m0/s1. The average Bonchev–Trinajstić information content (AvgIpc) is 3.33. The fraction of sp³-hybridized carbons (Fsp3) is 0.0769. The molecule has 0 saturated carbocycles. The van der Waals surface area contributed by atoms with Crippen LogP contribution in [0.3, 0.4) is 0 Å². The SMILES string of the molecule is O=S(=O)(C[C@@H](c1cccc(Cl)c1)P(=S)(c1ccccc1)c1ccccc1)n1nnc2ccccc21. The Morgan fingerprint density at radius 1 is 0.829 bits per heavy atom. The molecule has 0 aliphatic rings. The van der Waals surface area contributed by atoms with E-state index in [0.717, 1.165) is 20.3 Å². The summed E-state index contributed by atoms with van der Waals surface area (Å²) in [5, 5.41) is 10.4. The van der Waals surface area contributed by atoms with Gasteiger partial charge in [-0.25, -0.2) is 8.42 Å². The van der Waals surface area contributed by atoms with Crippen LogP contribution in [0, 0.1) is 0 Å². The van der Waals surface area contributed by atoms with E-state index in [0.29, 0.717) is 16.1 Å². The van der Waals surface area contributed by atoms with E-state index >= 15 is 0 Å². The summed E-state index contributed by atoms with van der Waals surface area (Å²) in [4.78, 5) is 0. The van der Waals surface area contributed by atoms with Crippen molar-refractivity contribution in [2.75, 3.05) is 5.75 Å². The molecule has 0 N–H and O–H groups in total. The molecule has 0 aliphatic carbocycles. The molecule has 5 nitrogen and oxygen atoms in total. The molecule has 9 heteroatoms. The zero-order chi connectivity index (χ0) is 24.5. The van der Waals surface area contributed by atoms with Gasteiger partial charge in [-0.05, 0) is 40.4 Å². The minimum absolute atomic E-state index is 0.248. The zero-order valence-electron chi connectivity index (χ0n) is 18.5. The summed E-state index contributed by atoms with van der Waals surface area (Å²) >= 11 is 12.9. The number of halogens is 1. The van der Waals surface area contributed by atoms with Crippen LogP contribution in [0.2, 0.25) is 5.02 Å². The van der Waals surface area contributed by atoms with Crippen molar-refractivity contribution >= 4 is 61.1 Å². The van der Waals surface area contributed by atoms with Gasteiger partial charge in [0, 0.05) is 16.7 Å². The largest absolute Gasteiger partial charge is 0.256 e. The van der Waals surface area contributed by atoms with Crippen molar-refractivity contribution in [3.63, 3.8) is 0 Å². The van der Waals surface area contributed by atoms with Crippen LogP contribution in [0.1, 0.15) is 11.2 Å². The molecule has 176 valence electrons. The number of aromatic nitrogens is 3. The Morgan fingerprint density at radius 3 is 2.06 bits per heavy atom. The lowest BCUT2D eigenvalue weighted by atomic mass is 10.2. The Balaban J connectivity index is 1.74. The van der Waals surface area contributed by atoms with Gasteiger partial charge in [0.2, 0.25) is 0 Å². The van der Waals surface area contributed by atoms with Gasteiger partial charge in [0.15, 0.2) is 0 Å². The maximum atomic E-state index is 13.9. The molecule has 0 radical (unpaired) electrons. The lowest BCUT2D eigenvalue weighted by molar-refractivity contribution is 0.578. The second-order valence-electron chi connectivity index (χ2n) is 8.10. The summed E-state index contributed by atoms with van der Waals surface area (Å²) in [7, 11) is -3.94. The van der Waals surface area contributed by atoms with Crippen LogP contribution in [-0.2, 0) is 21.8 Å². The first-order valence-corrected chi connectivity index (χ1v) is 15.8. The van der Waals surface area contributed by atoms with Crippen LogP contribution >= 0.6 is 17.6 Å². The first-order valence-electron chi connectivity index (χ1n) is 10.9. The van der Waals surface area contributed by atoms with Gasteiger partial charge in [-0.2, -0.15) is 0 Å². The minimum Gasteiger partial charge on any atom is -0.205 e. The first kappa shape index (κ1) is 23.9. The van der Waals surface area contributed by atoms with Crippen LogP contribution in [0.15, 0.2) is 109 Å². The Labute approximate surface area is 214 Å². The van der Waals surface area contributed by atoms with E-state index in [1.807, 2.05) is 78.9 Å². The van der Waals surface area contributed by atoms with E-state index < -0.39 is 21.7 Å². The molecular formula is C26H21ClN3O2PS2. The number of hydrogen-bond acceptors (Lipinski definition) is 5. The molecule has 4 aromatic carbocycles. The van der Waals surface area contributed by atoms with Gasteiger partial charge in [0.25, 0.3) is 10.0 Å². The van der Waals surface area contributed by atoms with Crippen molar-refractivity contribution in [3.8, 4) is 0 Å². The van der Waals surface area contributed by atoms with E-state index in [9.17, 15) is 8.42 Å². The number of nitrogens with zero attached hydrogens (tertiary/aromatic N) is 3. The zero-order valence-corrected chi connectivity index (χ0v) is 21.8. The second-order valence-corrected chi connectivity index (χ2v) is 15.1. The number of fused-ring (bicyclic) bond motifs is 1. The summed E-state index contributed by atoms with van der Waals surface area (Å²) in [5.74, 6) is -0.248. The minimum atomic E-state index is -3.94. The average molecular weight is 538 g/mol. The van der Waals surface area contributed by atoms with E-state index in [1.54, 1.807) is 30.3 Å². The highest BCUT2D eigenvalue weighted by atomic mass is 35.5. The summed E-state index contributed by atoms with van der Waals surface area (Å²) in [6, 6.07) is 31.2. The van der Waals surface area contributed by atoms with Crippen molar-refractivity contribution in [3.05, 3.63) is 120 Å². The van der Waals surface area contributed by atoms with Crippen molar-refractivity contribution in [1.29, 1.82) is 0 Å². The smallest absolute Gasteiger partial charge is 0.205 e. The van der Waals surface area contributed by atoms with Gasteiger partial charge in [-0.15, -0.1) is 9.19 Å². The van der Waals surface area contributed by atoms with Crippen LogP contribution < -0.4 is 10.6 Å². The number of rotatable bonds is 7. The van der Waals surface area contributed by atoms with Crippen LogP contribution in [0.5, 0.6) is 0 Å². The highest BCUT2D eigenvalue weighted by molar-refractivity contribution is 8.22. The quantitative estimate of drug-likeness (QED) is 0.269. The van der Waals surface area contributed by atoms with Gasteiger partial charge in [-0.1, -0.05) is 114 Å². The lowest BCUT2D eigenvalue weighted by Crippen LogP contribution is -2.29. The Kier molecular flexibility index (Phi) is 6.60. The predicted octanol–water partition coefficient (Wildman–Crippen LogP) is 5.13. The maximum Gasteiger partial charge on any atom is 0.256 e. The molecule has 35 heavy (non-hydrogen) atoms. The highest BCUT2D eigenvalue weighted by Crippen LogP contribution is 2.58. The Hall–Kier alpha value is -2.83. The third kappa shape index (κ3) is 4.57. The van der Waals surface area contributed by atoms with Gasteiger partial charge in [0.05, 0.1) is 5.75 Å². The van der Waals surface area contributed by atoms with Crippen molar-refractivity contribution in [2.24, 2.45) is 0 Å². The second kappa shape index (κ2) is 9.67. The fourth-order valence-electron chi connectivity index (χ4n) is 4.26. The summed E-state index contributed by atoms with van der Waals surface area (Å²) < 4.78 is 28.8. The monoisotopic (exact) mass is 537 g/mol. The number of para-hydroxylation sites is 1. The molecule has 1 atom stereocenters. The van der Waals surface area contributed by atoms with Crippen molar-refractivity contribution < 1.29 is 8.42 Å². The van der Waals surface area contributed by atoms with Gasteiger partial charge in [-0.3, -0.25) is 0 Å². The van der Waals surface area contributed by atoms with E-state index in [4.69, 9.17) is 23.4 Å². The summed E-state index contributed by atoms with van der Waals surface area (Å²) in [5.41, 5.74) is 1.18. The molecular weight excluding hydrogens is 517 g/mol. The normalized spacial score (nSPS) is 13.1. The van der Waals surface area contributed by atoms with Crippen molar-refractivity contribution in [1.82, 2.24) is 14.4 Å². The van der Waals surface area contributed by atoms with Gasteiger partial charge in [0.1, 0.15) is 11.0 Å². The van der Waals surface area contributed by atoms with Crippen molar-refractivity contribution in [2.45, 2.75) is 5.66 Å². The predicted molar refractivity (Wildman–Crippen MR) is 147 cm³/mol. The molecule has 0 bridgehead atoms. The van der Waals surface area contributed by atoms with E-state index in [-0.39, 0.29) is 5.75 Å². The molecule has 0 saturated heterocycles. The Morgan fingerprint density at radius 2 is 1.43 bits per heavy atom. The summed E-state index contributed by atoms with van der Waals surface area (Å²) in [6.45, 7) is 0. The molecule has 0 amide bonds. The van der Waals surface area contributed by atoms with E-state index in [2.05, 4.69) is 10.3 Å². The highest BCUT2D eigenvalue weighted by Gasteiger charge is 2.38. The molecule has 0 fully saturated rings. The first-order chi connectivity index (χ1) is 16.9. The molecule has 5 rings (SSSR count). The molecule has 0 spiro atoms. The van der Waals surface area contributed by atoms with Crippen LogP contribution in [0.4, 0.5) is 0 Å². The molecule has 0 unspecified atom stereocenters. The molecule has 1 aromatic heterocycles. The third-order valence-corrected chi connectivity index (χ3v) is 13.5. The topological polar surface area (TPSA) is 64.8 Å². The lowest BCUT2D eigenvalue weighted by Gasteiger charge is -2.32. The molecule has 1 heterocycles. The number of hydrogen-bond donors (Lipinski definition) is 0. The Bertz CT molecular complexity index is 1600. The van der Waals surface area contributed by atoms with Gasteiger partial charge >= 0.3 is 0 Å². The third-order valence-electron chi connectivity index (χ3n) is 5.91. The number of benzene rings is 4.